The monoisotopic (exact) mass is 156 g/mol. The van der Waals surface area contributed by atoms with Crippen LogP contribution in [-0.2, 0) is 0 Å². The van der Waals surface area contributed by atoms with Crippen LogP contribution >= 0.6 is 0 Å². The average Bonchev–Trinajstić information content (AvgIpc) is 1.85. The third kappa shape index (κ3) is 2.89. The van der Waals surface area contributed by atoms with Crippen molar-refractivity contribution in [3.05, 3.63) is 23.4 Å². The van der Waals surface area contributed by atoms with Gasteiger partial charge in [0.1, 0.15) is 0 Å². The molecule has 0 unspecified atom stereocenters. The van der Waals surface area contributed by atoms with Crippen LogP contribution in [0, 0.1) is 19.9 Å². The van der Waals surface area contributed by atoms with Gasteiger partial charge in [0, 0.05) is 19.9 Å². The number of anilines is 1. The number of pyridine rings is 1. The third-order valence-corrected chi connectivity index (χ3v) is 1.46. The summed E-state index contributed by atoms with van der Waals surface area (Å²) in [6.07, 6.45) is 0. The fourth-order valence-electron chi connectivity index (χ4n) is 0.976. The predicted octanol–water partition coefficient (Wildman–Crippen LogP) is -1.43. The van der Waals surface area contributed by atoms with Gasteiger partial charge in [0.2, 0.25) is 0 Å². The molecule has 12 heavy (non-hydrogen) atoms. The standard InChI is InChI=1S/C9H13N2.Li/c1-7-5-8(2)10-9(6-7)11(3)4;/h6H,1-4H3;/q-1;+1. The molecule has 0 aliphatic heterocycles. The summed E-state index contributed by atoms with van der Waals surface area (Å²) >= 11 is 0. The van der Waals surface area contributed by atoms with Crippen molar-refractivity contribution < 1.29 is 18.9 Å². The van der Waals surface area contributed by atoms with Gasteiger partial charge in [0.15, 0.2) is 0 Å². The zero-order valence-electron chi connectivity index (χ0n) is 8.47. The van der Waals surface area contributed by atoms with Crippen LogP contribution < -0.4 is 23.8 Å². The second kappa shape index (κ2) is 4.54. The summed E-state index contributed by atoms with van der Waals surface area (Å²) in [6, 6.07) is 5.15. The Morgan fingerprint density at radius 1 is 1.33 bits per heavy atom. The molecule has 1 aromatic heterocycles. The van der Waals surface area contributed by atoms with Crippen LogP contribution in [0.15, 0.2) is 6.07 Å². The molecule has 0 fully saturated rings. The van der Waals surface area contributed by atoms with Crippen molar-refractivity contribution in [3.63, 3.8) is 0 Å². The topological polar surface area (TPSA) is 16.1 Å². The Morgan fingerprint density at radius 2 is 1.92 bits per heavy atom. The molecule has 3 heteroatoms. The van der Waals surface area contributed by atoms with Crippen molar-refractivity contribution in [2.75, 3.05) is 19.0 Å². The SMILES string of the molecule is Cc1[c-]c(C)nc(N(C)C)c1.[Li+]. The van der Waals surface area contributed by atoms with Crippen molar-refractivity contribution in [3.8, 4) is 0 Å². The van der Waals surface area contributed by atoms with E-state index in [1.54, 1.807) is 0 Å². The van der Waals surface area contributed by atoms with Crippen molar-refractivity contribution in [2.24, 2.45) is 0 Å². The van der Waals surface area contributed by atoms with Crippen LogP contribution in [0.5, 0.6) is 0 Å². The molecule has 0 aliphatic carbocycles. The molecule has 0 bridgehead atoms. The number of hydrogen-bond acceptors (Lipinski definition) is 2. The van der Waals surface area contributed by atoms with Gasteiger partial charge in [-0.15, -0.1) is 0 Å². The second-order valence-corrected chi connectivity index (χ2v) is 2.90. The van der Waals surface area contributed by atoms with Crippen molar-refractivity contribution in [1.82, 2.24) is 4.98 Å². The summed E-state index contributed by atoms with van der Waals surface area (Å²) in [7, 11) is 3.97. The summed E-state index contributed by atoms with van der Waals surface area (Å²) in [4.78, 5) is 6.30. The molecule has 1 heterocycles. The number of aromatic nitrogens is 1. The summed E-state index contributed by atoms with van der Waals surface area (Å²) < 4.78 is 0. The number of rotatable bonds is 1. The first-order chi connectivity index (χ1) is 5.09. The molecule has 1 rings (SSSR count). The van der Waals surface area contributed by atoms with Crippen LogP contribution in [0.25, 0.3) is 0 Å². The van der Waals surface area contributed by atoms with E-state index in [1.165, 1.54) is 0 Å². The van der Waals surface area contributed by atoms with Crippen LogP contribution in [0.3, 0.4) is 0 Å². The first kappa shape index (κ1) is 11.5. The molecular formula is C9H13LiN2. The van der Waals surface area contributed by atoms with Gasteiger partial charge in [-0.3, -0.25) is 4.98 Å². The maximum Gasteiger partial charge on any atom is 1.00 e. The Hall–Kier alpha value is -0.453. The largest absolute Gasteiger partial charge is 1.00 e. The molecule has 60 valence electrons. The minimum atomic E-state index is 0. The van der Waals surface area contributed by atoms with Gasteiger partial charge in [-0.1, -0.05) is 12.6 Å². The first-order valence-corrected chi connectivity index (χ1v) is 3.64. The molecule has 0 aromatic carbocycles. The Labute approximate surface area is 86.2 Å². The Kier molecular flexibility index (Phi) is 4.37. The van der Waals surface area contributed by atoms with Gasteiger partial charge >= 0.3 is 18.9 Å². The van der Waals surface area contributed by atoms with E-state index >= 15 is 0 Å². The van der Waals surface area contributed by atoms with Gasteiger partial charge in [0.25, 0.3) is 0 Å². The molecule has 0 N–H and O–H groups in total. The summed E-state index contributed by atoms with van der Waals surface area (Å²) in [6.45, 7) is 3.99. The molecule has 0 saturated carbocycles. The van der Waals surface area contributed by atoms with Crippen LogP contribution in [-0.4, -0.2) is 19.1 Å². The number of nitrogens with zero attached hydrogens (tertiary/aromatic N) is 2. The van der Waals surface area contributed by atoms with Gasteiger partial charge in [0.05, 0.1) is 0 Å². The van der Waals surface area contributed by atoms with E-state index in [4.69, 9.17) is 0 Å². The predicted molar refractivity (Wildman–Crippen MR) is 46.9 cm³/mol. The summed E-state index contributed by atoms with van der Waals surface area (Å²) in [5, 5.41) is 0. The van der Waals surface area contributed by atoms with Crippen molar-refractivity contribution in [2.45, 2.75) is 13.8 Å². The Morgan fingerprint density at radius 3 is 2.33 bits per heavy atom. The Bertz CT molecular complexity index is 238. The maximum absolute atomic E-state index is 4.30. The zero-order chi connectivity index (χ0) is 8.43. The summed E-state index contributed by atoms with van der Waals surface area (Å²) in [5.41, 5.74) is 2.09. The first-order valence-electron chi connectivity index (χ1n) is 3.64. The van der Waals surface area contributed by atoms with E-state index in [-0.39, 0.29) is 18.9 Å². The van der Waals surface area contributed by atoms with Crippen LogP contribution in [0.2, 0.25) is 0 Å². The fraction of sp³-hybridized carbons (Fsp3) is 0.444. The van der Waals surface area contributed by atoms with Gasteiger partial charge in [-0.2, -0.15) is 6.07 Å². The van der Waals surface area contributed by atoms with Crippen molar-refractivity contribution in [1.29, 1.82) is 0 Å². The number of aryl methyl sites for hydroxylation is 2. The molecule has 0 radical (unpaired) electrons. The van der Waals surface area contributed by atoms with Gasteiger partial charge in [-0.25, -0.2) is 11.6 Å². The summed E-state index contributed by atoms with van der Waals surface area (Å²) in [5.74, 6) is 0.999. The molecular weight excluding hydrogens is 143 g/mol. The minimum absolute atomic E-state index is 0. The normalized spacial score (nSPS) is 9.00. The average molecular weight is 156 g/mol. The van der Waals surface area contributed by atoms with E-state index in [1.807, 2.05) is 38.9 Å². The van der Waals surface area contributed by atoms with E-state index < -0.39 is 0 Å². The number of hydrogen-bond donors (Lipinski definition) is 0. The van der Waals surface area contributed by atoms with Crippen molar-refractivity contribution >= 4 is 5.82 Å². The third-order valence-electron chi connectivity index (χ3n) is 1.46. The van der Waals surface area contributed by atoms with E-state index in [2.05, 4.69) is 11.1 Å². The molecule has 0 aliphatic rings. The molecule has 0 saturated heterocycles. The minimum Gasteiger partial charge on any atom is -0.378 e. The quantitative estimate of drug-likeness (QED) is 0.366. The fourth-order valence-corrected chi connectivity index (χ4v) is 0.976. The van der Waals surface area contributed by atoms with Crippen LogP contribution in [0.1, 0.15) is 11.3 Å². The van der Waals surface area contributed by atoms with Crippen LogP contribution in [0.4, 0.5) is 5.82 Å². The Balaban J connectivity index is 0.00000121. The molecule has 1 aromatic rings. The van der Waals surface area contributed by atoms with E-state index in [0.29, 0.717) is 0 Å². The van der Waals surface area contributed by atoms with Gasteiger partial charge in [-0.05, 0) is 6.92 Å². The molecule has 0 spiro atoms. The maximum atomic E-state index is 4.30. The molecule has 0 amide bonds. The smallest absolute Gasteiger partial charge is 0.378 e. The molecule has 2 nitrogen and oxygen atoms in total. The molecule has 0 atom stereocenters. The second-order valence-electron chi connectivity index (χ2n) is 2.90. The zero-order valence-corrected chi connectivity index (χ0v) is 8.47. The van der Waals surface area contributed by atoms with E-state index in [0.717, 1.165) is 17.1 Å². The van der Waals surface area contributed by atoms with Gasteiger partial charge < -0.3 is 4.90 Å². The van der Waals surface area contributed by atoms with E-state index in [9.17, 15) is 0 Å².